The van der Waals surface area contributed by atoms with Gasteiger partial charge >= 0.3 is 0 Å². The van der Waals surface area contributed by atoms with Crippen molar-refractivity contribution in [2.45, 2.75) is 32.4 Å². The third-order valence-electron chi connectivity index (χ3n) is 7.03. The molecule has 0 unspecified atom stereocenters. The van der Waals surface area contributed by atoms with Gasteiger partial charge in [-0.2, -0.15) is 0 Å². The molecule has 0 saturated carbocycles. The highest BCUT2D eigenvalue weighted by Gasteiger charge is 2.30. The van der Waals surface area contributed by atoms with Gasteiger partial charge in [0.15, 0.2) is 0 Å². The molecule has 2 fully saturated rings. The Labute approximate surface area is 208 Å². The quantitative estimate of drug-likeness (QED) is 0.558. The number of likely N-dealkylation sites (tertiary alicyclic amines) is 1. The molecule has 0 radical (unpaired) electrons. The molecule has 2 aliphatic rings. The average Bonchev–Trinajstić information content (AvgIpc) is 3.36. The molecular formula is C26H28ClN5O3. The number of fused-ring (bicyclic) bond motifs is 1. The third-order valence-corrected chi connectivity index (χ3v) is 7.28. The lowest BCUT2D eigenvalue weighted by atomic mass is 10.0. The van der Waals surface area contributed by atoms with Crippen LogP contribution in [-0.2, 0) is 16.1 Å². The lowest BCUT2D eigenvalue weighted by Crippen LogP contribution is -2.48. The Hall–Kier alpha value is -3.39. The summed E-state index contributed by atoms with van der Waals surface area (Å²) in [5.41, 5.74) is 2.35. The Morgan fingerprint density at radius 2 is 1.77 bits per heavy atom. The first-order chi connectivity index (χ1) is 16.9. The van der Waals surface area contributed by atoms with Gasteiger partial charge in [-0.15, -0.1) is 0 Å². The molecule has 0 aliphatic carbocycles. The molecule has 1 atom stereocenters. The fourth-order valence-corrected chi connectivity index (χ4v) is 5.20. The topological polar surface area (TPSA) is 78.8 Å². The van der Waals surface area contributed by atoms with Crippen LogP contribution in [0.5, 0.6) is 0 Å². The van der Waals surface area contributed by atoms with E-state index in [1.54, 1.807) is 6.92 Å². The number of nitrogens with zero attached hydrogens (tertiary/aromatic N) is 5. The summed E-state index contributed by atoms with van der Waals surface area (Å²) in [4.78, 5) is 48.4. The van der Waals surface area contributed by atoms with Crippen molar-refractivity contribution in [2.75, 3.05) is 37.6 Å². The highest BCUT2D eigenvalue weighted by Crippen LogP contribution is 2.32. The summed E-state index contributed by atoms with van der Waals surface area (Å²) in [6.45, 7) is 4.93. The second kappa shape index (κ2) is 9.70. The second-order valence-electron chi connectivity index (χ2n) is 9.17. The smallest absolute Gasteiger partial charge is 0.261 e. The van der Waals surface area contributed by atoms with Crippen LogP contribution in [0.3, 0.4) is 0 Å². The Morgan fingerprint density at radius 3 is 2.49 bits per heavy atom. The van der Waals surface area contributed by atoms with E-state index in [0.717, 1.165) is 24.1 Å². The number of anilines is 1. The summed E-state index contributed by atoms with van der Waals surface area (Å²) in [6.07, 6.45) is 3.27. The first-order valence-corrected chi connectivity index (χ1v) is 12.3. The number of benzene rings is 2. The van der Waals surface area contributed by atoms with E-state index in [0.29, 0.717) is 48.6 Å². The van der Waals surface area contributed by atoms with Gasteiger partial charge < -0.3 is 14.7 Å². The molecule has 3 aromatic rings. The molecule has 182 valence electrons. The normalized spacial score (nSPS) is 18.3. The second-order valence-corrected chi connectivity index (χ2v) is 9.61. The predicted molar refractivity (Wildman–Crippen MR) is 136 cm³/mol. The van der Waals surface area contributed by atoms with E-state index in [1.807, 2.05) is 52.3 Å². The molecule has 0 spiro atoms. The Morgan fingerprint density at radius 1 is 1.03 bits per heavy atom. The molecule has 2 aliphatic heterocycles. The highest BCUT2D eigenvalue weighted by atomic mass is 35.5. The zero-order valence-electron chi connectivity index (χ0n) is 19.7. The van der Waals surface area contributed by atoms with E-state index < -0.39 is 0 Å². The molecule has 8 nitrogen and oxygen atoms in total. The minimum Gasteiger partial charge on any atom is -0.368 e. The minimum absolute atomic E-state index is 0.0100. The number of hydrogen-bond acceptors (Lipinski definition) is 5. The van der Waals surface area contributed by atoms with Crippen LogP contribution in [0.1, 0.15) is 31.4 Å². The maximum absolute atomic E-state index is 13.3. The first-order valence-electron chi connectivity index (χ1n) is 12.0. The van der Waals surface area contributed by atoms with Gasteiger partial charge in [0.1, 0.15) is 6.54 Å². The van der Waals surface area contributed by atoms with Crippen molar-refractivity contribution in [3.05, 3.63) is 69.7 Å². The van der Waals surface area contributed by atoms with Crippen LogP contribution >= 0.6 is 11.6 Å². The van der Waals surface area contributed by atoms with Crippen LogP contribution in [0.15, 0.2) is 53.6 Å². The maximum atomic E-state index is 13.3. The number of carbonyl (C=O) groups is 2. The monoisotopic (exact) mass is 493 g/mol. The fraction of sp³-hybridized carbons (Fsp3) is 0.385. The van der Waals surface area contributed by atoms with E-state index in [9.17, 15) is 14.4 Å². The number of piperazine rings is 1. The molecular weight excluding hydrogens is 466 g/mol. The number of hydrogen-bond donors (Lipinski definition) is 0. The first kappa shape index (κ1) is 23.4. The van der Waals surface area contributed by atoms with E-state index in [1.165, 1.54) is 10.9 Å². The molecule has 9 heteroatoms. The Bertz CT molecular complexity index is 1310. The molecule has 0 N–H and O–H groups in total. The lowest BCUT2D eigenvalue weighted by molar-refractivity contribution is -0.133. The van der Waals surface area contributed by atoms with Gasteiger partial charge in [-0.1, -0.05) is 23.7 Å². The van der Waals surface area contributed by atoms with E-state index in [4.69, 9.17) is 11.6 Å². The molecule has 2 aromatic carbocycles. The van der Waals surface area contributed by atoms with Crippen LogP contribution in [0.25, 0.3) is 10.9 Å². The summed E-state index contributed by atoms with van der Waals surface area (Å²) in [5.74, 6) is -0.0153. The molecule has 2 saturated heterocycles. The summed E-state index contributed by atoms with van der Waals surface area (Å²) in [5, 5.41) is 1.15. The summed E-state index contributed by atoms with van der Waals surface area (Å²) >= 11 is 6.03. The van der Waals surface area contributed by atoms with E-state index >= 15 is 0 Å². The zero-order valence-corrected chi connectivity index (χ0v) is 20.4. The number of amides is 2. The molecule has 0 bridgehead atoms. The van der Waals surface area contributed by atoms with Crippen LogP contribution in [0.2, 0.25) is 5.02 Å². The predicted octanol–water partition coefficient (Wildman–Crippen LogP) is 3.08. The van der Waals surface area contributed by atoms with Crippen LogP contribution in [0.4, 0.5) is 5.69 Å². The number of rotatable bonds is 4. The van der Waals surface area contributed by atoms with Crippen molar-refractivity contribution in [2.24, 2.45) is 0 Å². The SMILES string of the molecule is CC(=O)N1CCN(c2ccc3ncn(CC(=O)N4CCC[C@H]4c4ccc(Cl)cc4)c(=O)c3c2)CC1. The van der Waals surface area contributed by atoms with Crippen molar-refractivity contribution in [3.63, 3.8) is 0 Å². The van der Waals surface area contributed by atoms with E-state index in [2.05, 4.69) is 9.88 Å². The highest BCUT2D eigenvalue weighted by molar-refractivity contribution is 6.30. The Kier molecular flexibility index (Phi) is 6.47. The Balaban J connectivity index is 1.35. The standard InChI is InChI=1S/C26H28ClN5O3/c1-18(33)29-11-13-30(14-12-29)21-8-9-23-22(15-21)26(35)31(17-28-23)16-25(34)32-10-2-3-24(32)19-4-6-20(27)7-5-19/h4-9,15,17,24H,2-3,10-14,16H2,1H3/t24-/m0/s1. The summed E-state index contributed by atoms with van der Waals surface area (Å²) in [6, 6.07) is 13.2. The zero-order chi connectivity index (χ0) is 24.5. The summed E-state index contributed by atoms with van der Waals surface area (Å²) < 4.78 is 1.40. The maximum Gasteiger partial charge on any atom is 0.261 e. The number of carbonyl (C=O) groups excluding carboxylic acids is 2. The largest absolute Gasteiger partial charge is 0.368 e. The van der Waals surface area contributed by atoms with Crippen molar-refractivity contribution in [1.82, 2.24) is 19.4 Å². The van der Waals surface area contributed by atoms with Crippen molar-refractivity contribution in [3.8, 4) is 0 Å². The van der Waals surface area contributed by atoms with Gasteiger partial charge in [0.25, 0.3) is 5.56 Å². The van der Waals surface area contributed by atoms with Crippen molar-refractivity contribution >= 4 is 40.0 Å². The molecule has 35 heavy (non-hydrogen) atoms. The lowest BCUT2D eigenvalue weighted by Gasteiger charge is -2.35. The van der Waals surface area contributed by atoms with Crippen LogP contribution in [-0.4, -0.2) is 63.9 Å². The van der Waals surface area contributed by atoms with Gasteiger partial charge in [0.05, 0.1) is 23.3 Å². The van der Waals surface area contributed by atoms with Gasteiger partial charge in [-0.25, -0.2) is 4.98 Å². The van der Waals surface area contributed by atoms with E-state index in [-0.39, 0.29) is 30.0 Å². The molecule has 5 rings (SSSR count). The number of halogens is 1. The average molecular weight is 494 g/mol. The van der Waals surface area contributed by atoms with Gasteiger partial charge in [0, 0.05) is 50.4 Å². The molecule has 2 amide bonds. The fourth-order valence-electron chi connectivity index (χ4n) is 5.07. The third kappa shape index (κ3) is 4.75. The molecule has 1 aromatic heterocycles. The van der Waals surface area contributed by atoms with Gasteiger partial charge in [-0.05, 0) is 48.7 Å². The van der Waals surface area contributed by atoms with Gasteiger partial charge in [0.2, 0.25) is 11.8 Å². The van der Waals surface area contributed by atoms with Crippen LogP contribution < -0.4 is 10.5 Å². The van der Waals surface area contributed by atoms with Crippen molar-refractivity contribution in [1.29, 1.82) is 0 Å². The molecule has 3 heterocycles. The van der Waals surface area contributed by atoms with Gasteiger partial charge in [-0.3, -0.25) is 19.0 Å². The van der Waals surface area contributed by atoms with Crippen molar-refractivity contribution < 1.29 is 9.59 Å². The summed E-state index contributed by atoms with van der Waals surface area (Å²) in [7, 11) is 0. The number of aromatic nitrogens is 2. The minimum atomic E-state index is -0.227. The van der Waals surface area contributed by atoms with Crippen LogP contribution in [0, 0.1) is 0 Å².